The Hall–Kier alpha value is -2.38. The van der Waals surface area contributed by atoms with Crippen LogP contribution < -0.4 is 0 Å². The molecule has 1 aliphatic heterocycles. The van der Waals surface area contributed by atoms with Crippen molar-refractivity contribution in [2.75, 3.05) is 13.1 Å². The Morgan fingerprint density at radius 2 is 1.88 bits per heavy atom. The smallest absolute Gasteiger partial charge is 0.339 e. The molecule has 0 bridgehead atoms. The molecule has 0 N–H and O–H groups in total. The van der Waals surface area contributed by atoms with Gasteiger partial charge in [0.1, 0.15) is 12.2 Å². The average molecular weight is 338 g/mol. The summed E-state index contributed by atoms with van der Waals surface area (Å²) in [5, 5.41) is 7.92. The first-order valence-electron chi connectivity index (χ1n) is 7.67. The van der Waals surface area contributed by atoms with E-state index in [0.717, 1.165) is 11.9 Å². The summed E-state index contributed by atoms with van der Waals surface area (Å²) in [6.07, 6.45) is -1.60. The minimum Gasteiger partial charge on any atom is -0.339 e. The van der Waals surface area contributed by atoms with Crippen LogP contribution in [0.25, 0.3) is 0 Å². The van der Waals surface area contributed by atoms with E-state index >= 15 is 0 Å². The summed E-state index contributed by atoms with van der Waals surface area (Å²) in [5.74, 6) is 0.441. The van der Waals surface area contributed by atoms with Crippen molar-refractivity contribution in [3.05, 3.63) is 47.5 Å². The van der Waals surface area contributed by atoms with Gasteiger partial charge in [-0.3, -0.25) is 4.79 Å². The van der Waals surface area contributed by atoms with Gasteiger partial charge < -0.3 is 9.47 Å². The number of hydrogen-bond donors (Lipinski definition) is 0. The van der Waals surface area contributed by atoms with E-state index < -0.39 is 17.6 Å². The molecule has 8 heteroatoms. The fraction of sp³-hybridized carbons (Fsp3) is 0.438. The number of hydrogen-bond acceptors (Lipinski definition) is 3. The van der Waals surface area contributed by atoms with Crippen LogP contribution in [0.3, 0.4) is 0 Å². The molecule has 2 heterocycles. The van der Waals surface area contributed by atoms with Crippen LogP contribution in [0.5, 0.6) is 0 Å². The molecule has 0 spiro atoms. The molecule has 0 atom stereocenters. The number of carbonyl (C=O) groups is 1. The number of benzene rings is 1. The molecular formula is C16H17F3N4O. The highest BCUT2D eigenvalue weighted by Gasteiger charge is 2.36. The van der Waals surface area contributed by atoms with Crippen molar-refractivity contribution in [1.29, 1.82) is 0 Å². The van der Waals surface area contributed by atoms with E-state index in [1.165, 1.54) is 23.1 Å². The van der Waals surface area contributed by atoms with Crippen molar-refractivity contribution in [3.8, 4) is 0 Å². The van der Waals surface area contributed by atoms with Gasteiger partial charge in [-0.05, 0) is 25.0 Å². The fourth-order valence-electron chi connectivity index (χ4n) is 3.09. The van der Waals surface area contributed by atoms with Crippen LogP contribution in [0.1, 0.15) is 40.5 Å². The van der Waals surface area contributed by atoms with E-state index in [1.54, 1.807) is 6.33 Å². The van der Waals surface area contributed by atoms with E-state index in [0.29, 0.717) is 25.9 Å². The van der Waals surface area contributed by atoms with Crippen LogP contribution in [0.15, 0.2) is 30.6 Å². The van der Waals surface area contributed by atoms with Crippen LogP contribution >= 0.6 is 0 Å². The number of aromatic nitrogens is 3. The molecule has 1 aromatic carbocycles. The van der Waals surface area contributed by atoms with Crippen LogP contribution in [0, 0.1) is 0 Å². The first-order valence-corrected chi connectivity index (χ1v) is 7.67. The van der Waals surface area contributed by atoms with Gasteiger partial charge in [-0.15, -0.1) is 10.2 Å². The van der Waals surface area contributed by atoms with E-state index in [4.69, 9.17) is 0 Å². The Kier molecular flexibility index (Phi) is 4.29. The van der Waals surface area contributed by atoms with Crippen molar-refractivity contribution in [2.45, 2.75) is 24.9 Å². The van der Waals surface area contributed by atoms with Crippen LogP contribution in [-0.4, -0.2) is 38.7 Å². The van der Waals surface area contributed by atoms with E-state index in [1.807, 2.05) is 11.6 Å². The summed E-state index contributed by atoms with van der Waals surface area (Å²) in [7, 11) is 1.85. The molecule has 0 radical (unpaired) electrons. The Morgan fingerprint density at radius 1 is 1.21 bits per heavy atom. The molecular weight excluding hydrogens is 321 g/mol. The summed E-state index contributed by atoms with van der Waals surface area (Å²) < 4.78 is 41.1. The van der Waals surface area contributed by atoms with Gasteiger partial charge in [0.2, 0.25) is 0 Å². The normalized spacial score (nSPS) is 16.4. The SMILES string of the molecule is Cn1cnnc1C1CCN(C(=O)c2ccccc2C(F)(F)F)CC1. The van der Waals surface area contributed by atoms with Gasteiger partial charge in [0, 0.05) is 26.1 Å². The Balaban J connectivity index is 1.74. The number of rotatable bonds is 2. The lowest BCUT2D eigenvalue weighted by Crippen LogP contribution is -2.39. The lowest BCUT2D eigenvalue weighted by atomic mass is 9.95. The van der Waals surface area contributed by atoms with Crippen LogP contribution in [-0.2, 0) is 13.2 Å². The minimum atomic E-state index is -4.54. The molecule has 24 heavy (non-hydrogen) atoms. The maximum Gasteiger partial charge on any atom is 0.417 e. The number of nitrogens with zero attached hydrogens (tertiary/aromatic N) is 4. The van der Waals surface area contributed by atoms with Gasteiger partial charge >= 0.3 is 6.18 Å². The molecule has 1 saturated heterocycles. The monoisotopic (exact) mass is 338 g/mol. The Labute approximate surface area is 137 Å². The third-order valence-electron chi connectivity index (χ3n) is 4.36. The molecule has 128 valence electrons. The van der Waals surface area contributed by atoms with Gasteiger partial charge in [-0.1, -0.05) is 12.1 Å². The average Bonchev–Trinajstić information content (AvgIpc) is 2.99. The predicted molar refractivity (Wildman–Crippen MR) is 80.3 cm³/mol. The van der Waals surface area contributed by atoms with Gasteiger partial charge in [0.15, 0.2) is 0 Å². The highest BCUT2D eigenvalue weighted by Crippen LogP contribution is 2.33. The molecule has 2 aromatic rings. The quantitative estimate of drug-likeness (QED) is 0.846. The van der Waals surface area contributed by atoms with E-state index in [2.05, 4.69) is 10.2 Å². The first kappa shape index (κ1) is 16.5. The molecule has 3 rings (SSSR count). The predicted octanol–water partition coefficient (Wildman–Crippen LogP) is 2.85. The zero-order valence-corrected chi connectivity index (χ0v) is 13.1. The van der Waals surface area contributed by atoms with Crippen molar-refractivity contribution in [3.63, 3.8) is 0 Å². The minimum absolute atomic E-state index is 0.166. The number of amides is 1. The number of piperidine rings is 1. The molecule has 5 nitrogen and oxygen atoms in total. The number of halogens is 3. The fourth-order valence-corrected chi connectivity index (χ4v) is 3.09. The molecule has 1 amide bonds. The second-order valence-electron chi connectivity index (χ2n) is 5.91. The van der Waals surface area contributed by atoms with Crippen molar-refractivity contribution >= 4 is 5.91 Å². The van der Waals surface area contributed by atoms with Crippen molar-refractivity contribution in [2.24, 2.45) is 7.05 Å². The van der Waals surface area contributed by atoms with Crippen molar-refractivity contribution < 1.29 is 18.0 Å². The summed E-state index contributed by atoms with van der Waals surface area (Å²) in [5.41, 5.74) is -1.17. The number of aryl methyl sites for hydroxylation is 1. The Bertz CT molecular complexity index is 733. The second kappa shape index (κ2) is 6.26. The van der Waals surface area contributed by atoms with Crippen molar-refractivity contribution in [1.82, 2.24) is 19.7 Å². The summed E-state index contributed by atoms with van der Waals surface area (Å²) in [4.78, 5) is 14.0. The molecule has 1 fully saturated rings. The Morgan fingerprint density at radius 3 is 2.46 bits per heavy atom. The third-order valence-corrected chi connectivity index (χ3v) is 4.36. The standard InChI is InChI=1S/C16H17F3N4O/c1-22-10-20-21-14(22)11-6-8-23(9-7-11)15(24)12-4-2-3-5-13(12)16(17,18)19/h2-5,10-11H,6-9H2,1H3. The highest BCUT2D eigenvalue weighted by molar-refractivity contribution is 5.96. The maximum absolute atomic E-state index is 13.1. The molecule has 0 unspecified atom stereocenters. The van der Waals surface area contributed by atoms with Gasteiger partial charge in [-0.25, -0.2) is 0 Å². The first-order chi connectivity index (χ1) is 11.4. The second-order valence-corrected chi connectivity index (χ2v) is 5.91. The van der Waals surface area contributed by atoms with Gasteiger partial charge in [-0.2, -0.15) is 13.2 Å². The maximum atomic E-state index is 13.1. The molecule has 1 aliphatic rings. The molecule has 1 aromatic heterocycles. The third kappa shape index (κ3) is 3.13. The van der Waals surface area contributed by atoms with Gasteiger partial charge in [0.05, 0.1) is 11.1 Å². The number of carbonyl (C=O) groups excluding carboxylic acids is 1. The summed E-state index contributed by atoms with van der Waals surface area (Å²) >= 11 is 0. The topological polar surface area (TPSA) is 51.0 Å². The van der Waals surface area contributed by atoms with Crippen LogP contribution in [0.2, 0.25) is 0 Å². The zero-order chi connectivity index (χ0) is 17.3. The lowest BCUT2D eigenvalue weighted by Gasteiger charge is -2.32. The van der Waals surface area contributed by atoms with E-state index in [9.17, 15) is 18.0 Å². The van der Waals surface area contributed by atoms with Crippen LogP contribution in [0.4, 0.5) is 13.2 Å². The highest BCUT2D eigenvalue weighted by atomic mass is 19.4. The van der Waals surface area contributed by atoms with E-state index in [-0.39, 0.29) is 11.5 Å². The molecule has 0 saturated carbocycles. The summed E-state index contributed by atoms with van der Waals surface area (Å²) in [6.45, 7) is 0.811. The molecule has 0 aliphatic carbocycles. The summed E-state index contributed by atoms with van der Waals surface area (Å²) in [6, 6.07) is 4.92. The van der Waals surface area contributed by atoms with Gasteiger partial charge in [0.25, 0.3) is 5.91 Å². The zero-order valence-electron chi connectivity index (χ0n) is 13.1. The number of likely N-dealkylation sites (tertiary alicyclic amines) is 1. The number of alkyl halides is 3. The largest absolute Gasteiger partial charge is 0.417 e. The lowest BCUT2D eigenvalue weighted by molar-refractivity contribution is -0.138.